The van der Waals surface area contributed by atoms with Crippen molar-refractivity contribution in [3.8, 4) is 11.8 Å². The summed E-state index contributed by atoms with van der Waals surface area (Å²) in [4.78, 5) is 20.3. The number of carbonyl (C=O) groups excluding carboxylic acids is 1. The number of nitro groups is 1. The topological polar surface area (TPSA) is 69.4 Å². The molecule has 0 radical (unpaired) electrons. The number of ether oxygens (including phenoxy) is 1. The van der Waals surface area contributed by atoms with Gasteiger partial charge in [0.2, 0.25) is 5.82 Å². The molecule has 0 heterocycles. The maximum Gasteiger partial charge on any atom is 0.320 e. The van der Waals surface area contributed by atoms with E-state index in [0.29, 0.717) is 6.07 Å². The molecule has 94 valence electrons. The number of nitrogens with zero attached hydrogens (tertiary/aromatic N) is 1. The highest BCUT2D eigenvalue weighted by Crippen LogP contribution is 2.23. The van der Waals surface area contributed by atoms with E-state index in [-0.39, 0.29) is 6.42 Å². The fourth-order valence-corrected chi connectivity index (χ4v) is 1.13. The van der Waals surface area contributed by atoms with Gasteiger partial charge in [-0.3, -0.25) is 14.9 Å². The van der Waals surface area contributed by atoms with Crippen LogP contribution in [0, 0.1) is 33.6 Å². The lowest BCUT2D eigenvalue weighted by Crippen LogP contribution is -1.99. The number of methoxy groups -OCH3 is 1. The number of rotatable bonds is 2. The van der Waals surface area contributed by atoms with Crippen molar-refractivity contribution in [2.75, 3.05) is 7.11 Å². The lowest BCUT2D eigenvalue weighted by atomic mass is 10.1. The fraction of sp³-hybridized carbons (Fsp3) is 0.182. The second kappa shape index (κ2) is 5.72. The number of benzene rings is 1. The number of hydrogen-bond donors (Lipinski definition) is 0. The van der Waals surface area contributed by atoms with E-state index in [1.54, 1.807) is 0 Å². The van der Waals surface area contributed by atoms with E-state index in [9.17, 15) is 23.7 Å². The number of hydrogen-bond acceptors (Lipinski definition) is 4. The predicted octanol–water partition coefficient (Wildman–Crippen LogP) is 1.79. The summed E-state index contributed by atoms with van der Waals surface area (Å²) < 4.78 is 30.4. The maximum atomic E-state index is 13.2. The molecule has 1 aromatic carbocycles. The van der Waals surface area contributed by atoms with Crippen LogP contribution in [0.2, 0.25) is 0 Å². The van der Waals surface area contributed by atoms with E-state index < -0.39 is 33.8 Å². The Morgan fingerprint density at radius 2 is 2.17 bits per heavy atom. The molecule has 0 aliphatic rings. The van der Waals surface area contributed by atoms with Crippen LogP contribution in [-0.4, -0.2) is 18.0 Å². The Bertz CT molecular complexity index is 560. The van der Waals surface area contributed by atoms with Gasteiger partial charge in [0.05, 0.1) is 12.0 Å². The molecular weight excluding hydrogens is 248 g/mol. The van der Waals surface area contributed by atoms with Crippen molar-refractivity contribution in [2.45, 2.75) is 6.42 Å². The summed E-state index contributed by atoms with van der Waals surface area (Å²) in [5, 5.41) is 10.6. The average Bonchev–Trinajstić information content (AvgIpc) is 2.27. The highest BCUT2D eigenvalue weighted by molar-refractivity contribution is 5.72. The Kier molecular flexibility index (Phi) is 4.32. The minimum absolute atomic E-state index is 0.328. The van der Waals surface area contributed by atoms with Gasteiger partial charge in [0, 0.05) is 6.07 Å². The van der Waals surface area contributed by atoms with Gasteiger partial charge in [-0.15, -0.1) is 0 Å². The molecule has 0 amide bonds. The number of esters is 1. The van der Waals surface area contributed by atoms with Crippen LogP contribution in [-0.2, 0) is 9.53 Å². The van der Waals surface area contributed by atoms with Gasteiger partial charge in [0.25, 0.3) is 0 Å². The Balaban J connectivity index is 3.15. The van der Waals surface area contributed by atoms with Crippen LogP contribution in [0.1, 0.15) is 12.0 Å². The molecule has 0 aliphatic carbocycles. The molecular formula is C11H7F2NO4. The molecule has 0 aromatic heterocycles. The van der Waals surface area contributed by atoms with Gasteiger partial charge in [-0.05, 0) is 6.07 Å². The highest BCUT2D eigenvalue weighted by atomic mass is 19.1. The summed E-state index contributed by atoms with van der Waals surface area (Å²) in [5.41, 5.74) is -1.35. The van der Waals surface area contributed by atoms with E-state index >= 15 is 0 Å². The van der Waals surface area contributed by atoms with Gasteiger partial charge < -0.3 is 4.74 Å². The number of nitro benzene ring substituents is 1. The zero-order valence-corrected chi connectivity index (χ0v) is 9.20. The highest BCUT2D eigenvalue weighted by Gasteiger charge is 2.20. The van der Waals surface area contributed by atoms with Crippen LogP contribution in [0.25, 0.3) is 0 Å². The lowest BCUT2D eigenvalue weighted by Gasteiger charge is -1.97. The van der Waals surface area contributed by atoms with Crippen LogP contribution < -0.4 is 0 Å². The first-order valence-corrected chi connectivity index (χ1v) is 4.65. The third-order valence-corrected chi connectivity index (χ3v) is 1.89. The smallest absolute Gasteiger partial charge is 0.320 e. The van der Waals surface area contributed by atoms with Gasteiger partial charge in [0.1, 0.15) is 17.8 Å². The van der Waals surface area contributed by atoms with Gasteiger partial charge in [-0.2, -0.15) is 4.39 Å². The summed E-state index contributed by atoms with van der Waals surface area (Å²) in [6.07, 6.45) is -0.328. The van der Waals surface area contributed by atoms with Crippen LogP contribution in [0.5, 0.6) is 0 Å². The SMILES string of the molecule is COC(=O)CC#Cc1cc(F)cc(F)c1[N+](=O)[O-]. The summed E-state index contributed by atoms with van der Waals surface area (Å²) >= 11 is 0. The molecule has 1 aromatic rings. The minimum atomic E-state index is -1.32. The minimum Gasteiger partial charge on any atom is -0.468 e. The van der Waals surface area contributed by atoms with E-state index in [1.807, 2.05) is 0 Å². The quantitative estimate of drug-likeness (QED) is 0.349. The molecule has 0 atom stereocenters. The molecule has 0 unspecified atom stereocenters. The average molecular weight is 255 g/mol. The molecule has 0 saturated heterocycles. The second-order valence-corrected chi connectivity index (χ2v) is 3.10. The monoisotopic (exact) mass is 255 g/mol. The van der Waals surface area contributed by atoms with E-state index in [1.165, 1.54) is 0 Å². The van der Waals surface area contributed by atoms with Crippen molar-refractivity contribution >= 4 is 11.7 Å². The normalized spacial score (nSPS) is 9.28. The molecule has 0 bridgehead atoms. The fourth-order valence-electron chi connectivity index (χ4n) is 1.13. The van der Waals surface area contributed by atoms with E-state index in [0.717, 1.165) is 13.2 Å². The zero-order chi connectivity index (χ0) is 13.7. The second-order valence-electron chi connectivity index (χ2n) is 3.10. The van der Waals surface area contributed by atoms with Gasteiger partial charge in [-0.1, -0.05) is 11.8 Å². The standard InChI is InChI=1S/C11H7F2NO4/c1-18-10(15)4-2-3-7-5-8(12)6-9(13)11(7)14(16)17/h5-6H,4H2,1H3. The first-order chi connectivity index (χ1) is 8.45. The molecule has 0 fully saturated rings. The summed E-state index contributed by atoms with van der Waals surface area (Å²) in [6, 6.07) is 1.12. The van der Waals surface area contributed by atoms with Crippen molar-refractivity contribution in [3.63, 3.8) is 0 Å². The molecule has 1 rings (SSSR count). The van der Waals surface area contributed by atoms with Gasteiger partial charge in [-0.25, -0.2) is 4.39 Å². The molecule has 0 N–H and O–H groups in total. The Hall–Kier alpha value is -2.49. The van der Waals surface area contributed by atoms with Gasteiger partial charge >= 0.3 is 11.7 Å². The Morgan fingerprint density at radius 3 is 2.72 bits per heavy atom. The Labute approximate surface area is 101 Å². The van der Waals surface area contributed by atoms with Crippen molar-refractivity contribution in [3.05, 3.63) is 39.4 Å². The Morgan fingerprint density at radius 1 is 1.50 bits per heavy atom. The summed E-state index contributed by atoms with van der Waals surface area (Å²) in [6.45, 7) is 0. The first-order valence-electron chi connectivity index (χ1n) is 4.65. The number of carbonyl (C=O) groups is 1. The maximum absolute atomic E-state index is 13.2. The molecule has 0 aliphatic heterocycles. The van der Waals surface area contributed by atoms with Crippen molar-refractivity contribution in [2.24, 2.45) is 0 Å². The zero-order valence-electron chi connectivity index (χ0n) is 9.20. The van der Waals surface area contributed by atoms with Gasteiger partial charge in [0.15, 0.2) is 0 Å². The molecule has 18 heavy (non-hydrogen) atoms. The molecule has 7 heteroatoms. The third kappa shape index (κ3) is 3.25. The van der Waals surface area contributed by atoms with E-state index in [2.05, 4.69) is 16.6 Å². The summed E-state index contributed by atoms with van der Waals surface area (Å²) in [7, 11) is 1.15. The van der Waals surface area contributed by atoms with Crippen LogP contribution in [0.4, 0.5) is 14.5 Å². The summed E-state index contributed by atoms with van der Waals surface area (Å²) in [5.74, 6) is 1.45. The predicted molar refractivity (Wildman–Crippen MR) is 56.5 cm³/mol. The number of halogens is 2. The van der Waals surface area contributed by atoms with E-state index in [4.69, 9.17) is 0 Å². The first kappa shape index (κ1) is 13.6. The molecule has 0 spiro atoms. The largest absolute Gasteiger partial charge is 0.468 e. The molecule has 5 nitrogen and oxygen atoms in total. The van der Waals surface area contributed by atoms with Crippen LogP contribution in [0.15, 0.2) is 12.1 Å². The lowest BCUT2D eigenvalue weighted by molar-refractivity contribution is -0.387. The third-order valence-electron chi connectivity index (χ3n) is 1.89. The molecule has 0 saturated carbocycles. The van der Waals surface area contributed by atoms with Crippen LogP contribution >= 0.6 is 0 Å². The van der Waals surface area contributed by atoms with Crippen molar-refractivity contribution in [1.82, 2.24) is 0 Å². The van der Waals surface area contributed by atoms with Crippen molar-refractivity contribution < 1.29 is 23.2 Å². The van der Waals surface area contributed by atoms with Crippen LogP contribution in [0.3, 0.4) is 0 Å². The van der Waals surface area contributed by atoms with Crippen molar-refractivity contribution in [1.29, 1.82) is 0 Å².